The number of benzene rings is 1. The van der Waals surface area contributed by atoms with Gasteiger partial charge in [-0.25, -0.2) is 0 Å². The average Bonchev–Trinajstić information content (AvgIpc) is 2.50. The Hall–Kier alpha value is -1.16. The van der Waals surface area contributed by atoms with E-state index in [1.165, 1.54) is 6.26 Å². The predicted molar refractivity (Wildman–Crippen MR) is 45.1 cm³/mol. The highest BCUT2D eigenvalue weighted by molar-refractivity contribution is 6.35. The molecule has 1 nitrogen and oxygen atoms in total. The lowest BCUT2D eigenvalue weighted by Crippen LogP contribution is -2.04. The van der Waals surface area contributed by atoms with Gasteiger partial charge in [0.05, 0.1) is 16.8 Å². The van der Waals surface area contributed by atoms with Crippen molar-refractivity contribution >= 4 is 22.6 Å². The summed E-state index contributed by atoms with van der Waals surface area (Å²) in [4.78, 5) is 0. The van der Waals surface area contributed by atoms with Crippen molar-refractivity contribution in [1.29, 1.82) is 0 Å². The minimum Gasteiger partial charge on any atom is -0.464 e. The highest BCUT2D eigenvalue weighted by Gasteiger charge is 2.31. The third-order valence-electron chi connectivity index (χ3n) is 1.77. The molecule has 0 aliphatic heterocycles. The van der Waals surface area contributed by atoms with Gasteiger partial charge in [-0.2, -0.15) is 13.2 Å². The summed E-state index contributed by atoms with van der Waals surface area (Å²) < 4.78 is 41.7. The van der Waals surface area contributed by atoms with Crippen molar-refractivity contribution in [2.75, 3.05) is 0 Å². The van der Waals surface area contributed by atoms with Crippen LogP contribution in [0.3, 0.4) is 0 Å². The van der Waals surface area contributed by atoms with Crippen LogP contribution in [0.5, 0.6) is 0 Å². The van der Waals surface area contributed by atoms with Crippen molar-refractivity contribution < 1.29 is 17.6 Å². The average molecular weight is 220 g/mol. The van der Waals surface area contributed by atoms with E-state index < -0.39 is 11.7 Å². The molecule has 2 rings (SSSR count). The molecule has 0 N–H and O–H groups in total. The molecule has 1 radical (unpaired) electrons. The molecule has 0 bridgehead atoms. The molecule has 0 saturated heterocycles. The molecule has 5 heteroatoms. The first-order chi connectivity index (χ1) is 6.48. The van der Waals surface area contributed by atoms with Crippen molar-refractivity contribution in [1.82, 2.24) is 0 Å². The molecular formula is C9H3ClF3O. The Labute approximate surface area is 82.1 Å². The van der Waals surface area contributed by atoms with Crippen LogP contribution >= 0.6 is 11.6 Å². The molecule has 1 aromatic heterocycles. The first kappa shape index (κ1) is 9.40. The number of alkyl halides is 3. The zero-order valence-corrected chi connectivity index (χ0v) is 7.41. The summed E-state index contributed by atoms with van der Waals surface area (Å²) in [6.07, 6.45) is -3.23. The van der Waals surface area contributed by atoms with Crippen molar-refractivity contribution in [2.45, 2.75) is 6.18 Å². The second-order valence-electron chi connectivity index (χ2n) is 2.71. The Balaban J connectivity index is 2.70. The number of hydrogen-bond acceptors (Lipinski definition) is 1. The Morgan fingerprint density at radius 2 is 2.00 bits per heavy atom. The predicted octanol–water partition coefficient (Wildman–Crippen LogP) is 3.91. The molecule has 1 heterocycles. The van der Waals surface area contributed by atoms with E-state index in [0.717, 1.165) is 12.1 Å². The van der Waals surface area contributed by atoms with Crippen LogP contribution in [0.25, 0.3) is 11.0 Å². The molecule has 0 unspecified atom stereocenters. The molecule has 0 atom stereocenters. The first-order valence-electron chi connectivity index (χ1n) is 3.64. The number of fused-ring (bicyclic) bond motifs is 1. The van der Waals surface area contributed by atoms with Crippen LogP contribution in [0.1, 0.15) is 5.56 Å². The van der Waals surface area contributed by atoms with Gasteiger partial charge in [0, 0.05) is 11.5 Å². The van der Waals surface area contributed by atoms with Gasteiger partial charge in [0.1, 0.15) is 5.58 Å². The molecule has 73 valence electrons. The fraction of sp³-hybridized carbons (Fsp3) is 0.111. The minimum absolute atomic E-state index is 0.0106. The summed E-state index contributed by atoms with van der Waals surface area (Å²) in [5.74, 6) is 0. The first-order valence-corrected chi connectivity index (χ1v) is 4.02. The Morgan fingerprint density at radius 1 is 1.29 bits per heavy atom. The van der Waals surface area contributed by atoms with Crippen molar-refractivity contribution in [3.05, 3.63) is 35.0 Å². The molecule has 0 saturated carbocycles. The minimum atomic E-state index is -4.41. The maximum atomic E-state index is 12.3. The zero-order chi connectivity index (χ0) is 10.3. The van der Waals surface area contributed by atoms with E-state index in [0.29, 0.717) is 5.39 Å². The van der Waals surface area contributed by atoms with Gasteiger partial charge in [-0.1, -0.05) is 11.6 Å². The largest absolute Gasteiger partial charge is 0.464 e. The van der Waals surface area contributed by atoms with Gasteiger partial charge in [0.2, 0.25) is 0 Å². The molecule has 14 heavy (non-hydrogen) atoms. The topological polar surface area (TPSA) is 13.1 Å². The van der Waals surface area contributed by atoms with E-state index in [9.17, 15) is 13.2 Å². The monoisotopic (exact) mass is 219 g/mol. The quantitative estimate of drug-likeness (QED) is 0.655. The number of hydrogen-bond donors (Lipinski definition) is 0. The van der Waals surface area contributed by atoms with E-state index in [1.54, 1.807) is 0 Å². The van der Waals surface area contributed by atoms with Crippen molar-refractivity contribution in [3.8, 4) is 0 Å². The number of furan rings is 1. The maximum Gasteiger partial charge on any atom is 0.416 e. The summed E-state index contributed by atoms with van der Waals surface area (Å²) in [6, 6.07) is 4.36. The summed E-state index contributed by atoms with van der Waals surface area (Å²) in [7, 11) is 0. The lowest BCUT2D eigenvalue weighted by molar-refractivity contribution is -0.137. The van der Waals surface area contributed by atoms with Gasteiger partial charge in [-0.05, 0) is 12.1 Å². The summed E-state index contributed by atoms with van der Waals surface area (Å²) in [6.45, 7) is 0. The van der Waals surface area contributed by atoms with Crippen LogP contribution in [0, 0.1) is 6.07 Å². The van der Waals surface area contributed by atoms with Gasteiger partial charge < -0.3 is 4.42 Å². The van der Waals surface area contributed by atoms with Crippen LogP contribution in [0.15, 0.2) is 22.8 Å². The third kappa shape index (κ3) is 1.46. The van der Waals surface area contributed by atoms with Crippen LogP contribution < -0.4 is 0 Å². The second-order valence-corrected chi connectivity index (χ2v) is 3.12. The third-order valence-corrected chi connectivity index (χ3v) is 2.07. The summed E-state index contributed by atoms with van der Waals surface area (Å²) in [5.41, 5.74) is -0.733. The van der Waals surface area contributed by atoms with Crippen LogP contribution in [0.2, 0.25) is 5.02 Å². The highest BCUT2D eigenvalue weighted by Crippen LogP contribution is 2.35. The molecule has 0 aliphatic carbocycles. The Kier molecular flexibility index (Phi) is 1.96. The Morgan fingerprint density at radius 3 is 2.64 bits per heavy atom. The lowest BCUT2D eigenvalue weighted by atomic mass is 10.1. The SMILES string of the molecule is FC(F)(F)c1cc(Cl)c2[c]coc2c1. The van der Waals surface area contributed by atoms with Crippen molar-refractivity contribution in [3.63, 3.8) is 0 Å². The van der Waals surface area contributed by atoms with Crippen LogP contribution in [-0.4, -0.2) is 0 Å². The molecule has 0 amide bonds. The molecular weight excluding hydrogens is 217 g/mol. The van der Waals surface area contributed by atoms with E-state index in [4.69, 9.17) is 16.0 Å². The van der Waals surface area contributed by atoms with Gasteiger partial charge >= 0.3 is 6.18 Å². The van der Waals surface area contributed by atoms with Gasteiger partial charge in [0.15, 0.2) is 0 Å². The summed E-state index contributed by atoms with van der Waals surface area (Å²) >= 11 is 5.62. The normalized spacial score (nSPS) is 12.3. The van der Waals surface area contributed by atoms with E-state index >= 15 is 0 Å². The molecule has 0 spiro atoms. The molecule has 0 aliphatic rings. The lowest BCUT2D eigenvalue weighted by Gasteiger charge is -2.06. The summed E-state index contributed by atoms with van der Waals surface area (Å²) in [5, 5.41) is 0.350. The molecule has 1 aromatic carbocycles. The molecule has 2 aromatic rings. The van der Waals surface area contributed by atoms with Crippen LogP contribution in [0.4, 0.5) is 13.2 Å². The van der Waals surface area contributed by atoms with E-state index in [1.807, 2.05) is 0 Å². The Bertz CT molecular complexity index is 472. The zero-order valence-electron chi connectivity index (χ0n) is 6.65. The van der Waals surface area contributed by atoms with Crippen molar-refractivity contribution in [2.24, 2.45) is 0 Å². The standard InChI is InChI=1S/C9H3ClF3O/c10-7-3-5(9(11,12)13)4-8-6(7)1-2-14-8/h2-4H. The highest BCUT2D eigenvalue weighted by atomic mass is 35.5. The smallest absolute Gasteiger partial charge is 0.416 e. The number of rotatable bonds is 0. The van der Waals surface area contributed by atoms with Gasteiger partial charge in [-0.15, -0.1) is 0 Å². The second kappa shape index (κ2) is 2.92. The fourth-order valence-electron chi connectivity index (χ4n) is 1.13. The number of halogens is 4. The maximum absolute atomic E-state index is 12.3. The molecule has 0 fully saturated rings. The fourth-order valence-corrected chi connectivity index (χ4v) is 1.40. The van der Waals surface area contributed by atoms with Gasteiger partial charge in [0.25, 0.3) is 0 Å². The van der Waals surface area contributed by atoms with E-state index in [-0.39, 0.29) is 10.6 Å². The van der Waals surface area contributed by atoms with E-state index in [2.05, 4.69) is 6.07 Å². The van der Waals surface area contributed by atoms with Gasteiger partial charge in [-0.3, -0.25) is 0 Å². The van der Waals surface area contributed by atoms with Crippen LogP contribution in [-0.2, 0) is 6.18 Å².